The number of hydrogen-bond acceptors (Lipinski definition) is 8. The van der Waals surface area contributed by atoms with Crippen LogP contribution in [0.4, 0.5) is 0 Å². The van der Waals surface area contributed by atoms with Gasteiger partial charge in [0, 0.05) is 11.8 Å². The van der Waals surface area contributed by atoms with Gasteiger partial charge in [-0.2, -0.15) is 0 Å². The minimum absolute atomic E-state index is 0.0151. The molecule has 9 nitrogen and oxygen atoms in total. The second-order valence-electron chi connectivity index (χ2n) is 7.66. The van der Waals surface area contributed by atoms with E-state index in [9.17, 15) is 14.4 Å². The standard InChI is InChI=1S/C24H25Cl2N3O6/c1-5-35-24(32)21-17(11-34-10-14-9-18(30)29-13(3)28-14)27-12(2)19(23(31)33-4)20(21)15-7-6-8-16(25)22(15)26/h6-9,20,27H,5,10-11H2,1-4H3,(H,28,29,30). The van der Waals surface area contributed by atoms with Crippen LogP contribution in [0.5, 0.6) is 0 Å². The highest BCUT2D eigenvalue weighted by atomic mass is 35.5. The summed E-state index contributed by atoms with van der Waals surface area (Å²) in [4.78, 5) is 44.5. The van der Waals surface area contributed by atoms with Crippen LogP contribution in [0, 0.1) is 6.92 Å². The third kappa shape index (κ3) is 5.93. The van der Waals surface area contributed by atoms with Crippen molar-refractivity contribution in [2.24, 2.45) is 0 Å². The maximum Gasteiger partial charge on any atom is 0.336 e. The fraction of sp³-hybridized carbons (Fsp3) is 0.333. The molecule has 1 unspecified atom stereocenters. The Kier molecular flexibility index (Phi) is 8.71. The summed E-state index contributed by atoms with van der Waals surface area (Å²) in [5.74, 6) is -1.76. The van der Waals surface area contributed by atoms with Crippen LogP contribution in [0.1, 0.15) is 36.8 Å². The monoisotopic (exact) mass is 521 g/mol. The highest BCUT2D eigenvalue weighted by Crippen LogP contribution is 2.43. The molecule has 35 heavy (non-hydrogen) atoms. The van der Waals surface area contributed by atoms with Crippen LogP contribution in [0.2, 0.25) is 10.0 Å². The zero-order valence-corrected chi connectivity index (χ0v) is 21.2. The van der Waals surface area contributed by atoms with Crippen LogP contribution < -0.4 is 10.9 Å². The molecule has 0 aliphatic carbocycles. The molecule has 1 aromatic heterocycles. The van der Waals surface area contributed by atoms with Gasteiger partial charge in [-0.25, -0.2) is 14.6 Å². The van der Waals surface area contributed by atoms with Crippen molar-refractivity contribution in [3.63, 3.8) is 0 Å². The molecule has 1 aliphatic rings. The number of dihydropyridines is 1. The van der Waals surface area contributed by atoms with Gasteiger partial charge in [0.15, 0.2) is 0 Å². The topological polar surface area (TPSA) is 120 Å². The number of nitrogens with zero attached hydrogens (tertiary/aromatic N) is 1. The fourth-order valence-corrected chi connectivity index (χ4v) is 4.29. The van der Waals surface area contributed by atoms with E-state index < -0.39 is 17.9 Å². The van der Waals surface area contributed by atoms with Crippen molar-refractivity contribution in [1.29, 1.82) is 0 Å². The molecule has 0 radical (unpaired) electrons. The van der Waals surface area contributed by atoms with Gasteiger partial charge in [-0.3, -0.25) is 4.79 Å². The molecule has 0 spiro atoms. The van der Waals surface area contributed by atoms with Gasteiger partial charge in [0.1, 0.15) is 5.82 Å². The Morgan fingerprint density at radius 2 is 1.86 bits per heavy atom. The average Bonchev–Trinajstić information content (AvgIpc) is 2.79. The van der Waals surface area contributed by atoms with E-state index in [2.05, 4.69) is 15.3 Å². The zero-order valence-electron chi connectivity index (χ0n) is 19.7. The summed E-state index contributed by atoms with van der Waals surface area (Å²) in [7, 11) is 1.25. The van der Waals surface area contributed by atoms with Crippen LogP contribution in [-0.4, -0.2) is 42.2 Å². The minimum Gasteiger partial charge on any atom is -0.466 e. The quantitative estimate of drug-likeness (QED) is 0.506. The van der Waals surface area contributed by atoms with Gasteiger partial charge in [0.2, 0.25) is 0 Å². The number of aryl methyl sites for hydroxylation is 1. The second-order valence-corrected chi connectivity index (χ2v) is 8.44. The number of aromatic amines is 1. The number of carbonyl (C=O) groups is 2. The summed E-state index contributed by atoms with van der Waals surface area (Å²) in [5.41, 5.74) is 1.72. The molecule has 0 bridgehead atoms. The lowest BCUT2D eigenvalue weighted by Gasteiger charge is -2.31. The van der Waals surface area contributed by atoms with Gasteiger partial charge in [0.25, 0.3) is 5.56 Å². The van der Waals surface area contributed by atoms with Crippen LogP contribution in [-0.2, 0) is 30.4 Å². The lowest BCUT2D eigenvalue weighted by Crippen LogP contribution is -2.34. The first-order valence-corrected chi connectivity index (χ1v) is 11.5. The van der Waals surface area contributed by atoms with Crippen molar-refractivity contribution in [3.8, 4) is 0 Å². The van der Waals surface area contributed by atoms with Crippen molar-refractivity contribution >= 4 is 35.1 Å². The average molecular weight is 522 g/mol. The Bertz CT molecular complexity index is 1270. The van der Waals surface area contributed by atoms with Crippen molar-refractivity contribution in [2.75, 3.05) is 20.3 Å². The number of benzene rings is 1. The van der Waals surface area contributed by atoms with E-state index in [0.29, 0.717) is 28.5 Å². The zero-order chi connectivity index (χ0) is 25.7. The molecule has 186 valence electrons. The molecule has 1 aromatic carbocycles. The molecule has 0 saturated carbocycles. The van der Waals surface area contributed by atoms with Crippen molar-refractivity contribution in [1.82, 2.24) is 15.3 Å². The van der Waals surface area contributed by atoms with Crippen molar-refractivity contribution < 1.29 is 23.8 Å². The summed E-state index contributed by atoms with van der Waals surface area (Å²) in [6, 6.07) is 6.30. The van der Waals surface area contributed by atoms with Crippen LogP contribution >= 0.6 is 23.2 Å². The van der Waals surface area contributed by atoms with E-state index in [1.54, 1.807) is 39.0 Å². The summed E-state index contributed by atoms with van der Waals surface area (Å²) in [5, 5.41) is 3.54. The number of allylic oxidation sites excluding steroid dienone is 1. The predicted molar refractivity (Wildman–Crippen MR) is 130 cm³/mol. The van der Waals surface area contributed by atoms with Crippen LogP contribution in [0.15, 0.2) is 51.6 Å². The second kappa shape index (κ2) is 11.5. The molecular formula is C24H25Cl2N3O6. The Morgan fingerprint density at radius 1 is 1.11 bits per heavy atom. The van der Waals surface area contributed by atoms with Gasteiger partial charge in [-0.1, -0.05) is 35.3 Å². The largest absolute Gasteiger partial charge is 0.466 e. The van der Waals surface area contributed by atoms with E-state index in [-0.39, 0.29) is 46.6 Å². The lowest BCUT2D eigenvalue weighted by atomic mass is 9.80. The molecule has 1 atom stereocenters. The van der Waals surface area contributed by atoms with Gasteiger partial charge in [-0.15, -0.1) is 0 Å². The molecular weight excluding hydrogens is 497 g/mol. The first-order valence-electron chi connectivity index (χ1n) is 10.7. The number of halogens is 2. The molecule has 2 N–H and O–H groups in total. The van der Waals surface area contributed by atoms with Gasteiger partial charge in [0.05, 0.1) is 65.4 Å². The molecule has 11 heteroatoms. The number of carbonyl (C=O) groups excluding carboxylic acids is 2. The van der Waals surface area contributed by atoms with Gasteiger partial charge < -0.3 is 24.5 Å². The summed E-state index contributed by atoms with van der Waals surface area (Å²) < 4.78 is 16.1. The first kappa shape index (κ1) is 26.5. The summed E-state index contributed by atoms with van der Waals surface area (Å²) in [6.45, 7) is 5.08. The Labute approximate surface area is 212 Å². The SMILES string of the molecule is CCOC(=O)C1=C(COCc2cc(=O)[nH]c(C)n2)NC(C)=C(C(=O)OC)C1c1cccc(Cl)c1Cl. The van der Waals surface area contributed by atoms with Crippen molar-refractivity contribution in [2.45, 2.75) is 33.3 Å². The molecule has 0 fully saturated rings. The highest BCUT2D eigenvalue weighted by molar-refractivity contribution is 6.42. The van der Waals surface area contributed by atoms with E-state index in [4.69, 9.17) is 37.4 Å². The minimum atomic E-state index is -0.924. The number of esters is 2. The number of nitrogens with one attached hydrogen (secondary N) is 2. The number of H-pyrrole nitrogens is 1. The highest BCUT2D eigenvalue weighted by Gasteiger charge is 2.40. The number of rotatable bonds is 8. The van der Waals surface area contributed by atoms with E-state index in [1.165, 1.54) is 13.2 Å². The van der Waals surface area contributed by atoms with Crippen LogP contribution in [0.25, 0.3) is 0 Å². The van der Waals surface area contributed by atoms with E-state index in [0.717, 1.165) is 0 Å². The fourth-order valence-electron chi connectivity index (χ4n) is 3.87. The maximum atomic E-state index is 13.2. The molecule has 0 amide bonds. The summed E-state index contributed by atoms with van der Waals surface area (Å²) >= 11 is 12.8. The van der Waals surface area contributed by atoms with Crippen molar-refractivity contribution in [3.05, 3.63) is 84.3 Å². The first-order chi connectivity index (χ1) is 16.7. The van der Waals surface area contributed by atoms with Gasteiger partial charge >= 0.3 is 11.9 Å². The molecule has 2 aromatic rings. The summed E-state index contributed by atoms with van der Waals surface area (Å²) in [6.07, 6.45) is 0. The third-order valence-corrected chi connectivity index (χ3v) is 6.08. The van der Waals surface area contributed by atoms with Crippen LogP contribution in [0.3, 0.4) is 0 Å². The molecule has 3 rings (SSSR count). The Hall–Kier alpha value is -3.14. The number of ether oxygens (including phenoxy) is 3. The number of methoxy groups -OCH3 is 1. The maximum absolute atomic E-state index is 13.2. The third-order valence-electron chi connectivity index (χ3n) is 5.25. The molecule has 1 aliphatic heterocycles. The van der Waals surface area contributed by atoms with E-state index in [1.807, 2.05) is 0 Å². The lowest BCUT2D eigenvalue weighted by molar-refractivity contribution is -0.139. The Balaban J connectivity index is 2.09. The number of aromatic nitrogens is 2. The smallest absolute Gasteiger partial charge is 0.336 e. The molecule has 0 saturated heterocycles. The number of hydrogen-bond donors (Lipinski definition) is 2. The normalized spacial score (nSPS) is 15.7. The van der Waals surface area contributed by atoms with Gasteiger partial charge in [-0.05, 0) is 32.4 Å². The Morgan fingerprint density at radius 3 is 2.51 bits per heavy atom. The van der Waals surface area contributed by atoms with E-state index >= 15 is 0 Å². The molecule has 2 heterocycles. The predicted octanol–water partition coefficient (Wildman–Crippen LogP) is 3.55.